The number of ether oxygens (including phenoxy) is 1. The third kappa shape index (κ3) is 6.23. The molecule has 2 N–H and O–H groups in total. The molecule has 0 aliphatic rings. The van der Waals surface area contributed by atoms with Gasteiger partial charge in [0.1, 0.15) is 12.4 Å². The molecule has 0 saturated carbocycles. The average molecular weight is 720 g/mol. The van der Waals surface area contributed by atoms with Crippen LogP contribution in [0.1, 0.15) is 22.3 Å². The van der Waals surface area contributed by atoms with E-state index in [9.17, 15) is 9.90 Å². The van der Waals surface area contributed by atoms with E-state index >= 15 is 0 Å². The highest BCUT2D eigenvalue weighted by Crippen LogP contribution is 2.35. The van der Waals surface area contributed by atoms with Gasteiger partial charge in [0.15, 0.2) is 5.60 Å². The van der Waals surface area contributed by atoms with Gasteiger partial charge in [-0.2, -0.15) is 5.10 Å². The largest absolute Gasteiger partial charge is 0.487 e. The van der Waals surface area contributed by atoms with Crippen LogP contribution in [0.5, 0.6) is 5.75 Å². The van der Waals surface area contributed by atoms with Crippen molar-refractivity contribution in [2.75, 3.05) is 0 Å². The van der Waals surface area contributed by atoms with Crippen molar-refractivity contribution < 1.29 is 14.6 Å². The number of nitrogens with zero attached hydrogens (tertiary/aromatic N) is 1. The van der Waals surface area contributed by atoms with Crippen molar-refractivity contribution in [1.29, 1.82) is 0 Å². The minimum atomic E-state index is -1.89. The van der Waals surface area contributed by atoms with Gasteiger partial charge in [-0.25, -0.2) is 5.43 Å². The molecule has 0 unspecified atom stereocenters. The number of benzene rings is 4. The third-order valence-electron chi connectivity index (χ3n) is 5.41. The Hall–Kier alpha value is -2.53. The van der Waals surface area contributed by atoms with Gasteiger partial charge in [0.05, 0.1) is 15.2 Å². The monoisotopic (exact) mass is 718 g/mol. The molecule has 0 aromatic heterocycles. The van der Waals surface area contributed by atoms with E-state index < -0.39 is 11.5 Å². The van der Waals surface area contributed by atoms with E-state index in [1.807, 2.05) is 48.5 Å². The molecule has 0 heterocycles. The number of nitrogens with one attached hydrogen (secondary N) is 1. The van der Waals surface area contributed by atoms with Gasteiger partial charge >= 0.3 is 0 Å². The van der Waals surface area contributed by atoms with Crippen LogP contribution in [-0.2, 0) is 17.0 Å². The summed E-state index contributed by atoms with van der Waals surface area (Å²) in [6, 6.07) is 29.4. The van der Waals surface area contributed by atoms with Gasteiger partial charge in [-0.05, 0) is 101 Å². The van der Waals surface area contributed by atoms with Crippen LogP contribution in [0.4, 0.5) is 0 Å². The molecule has 0 aliphatic carbocycles. The highest BCUT2D eigenvalue weighted by Gasteiger charge is 2.39. The molecule has 4 aromatic rings. The SMILES string of the molecule is O=C(N/N=C/c1cc(Br)c(OCc2ccc(I)cc2)c(Br)c1)C(O)(c1ccccc1)c1ccccc1. The summed E-state index contributed by atoms with van der Waals surface area (Å²) in [6.07, 6.45) is 1.51. The number of rotatable bonds is 8. The number of hydrogen-bond donors (Lipinski definition) is 2. The molecular weight excluding hydrogens is 699 g/mol. The first kappa shape index (κ1) is 26.5. The summed E-state index contributed by atoms with van der Waals surface area (Å²) in [5.74, 6) is 0.00372. The molecular formula is C28H21Br2IN2O3. The van der Waals surface area contributed by atoms with Crippen LogP contribution < -0.4 is 10.2 Å². The standard InChI is InChI=1S/C28H21Br2IN2O3/c29-24-15-20(16-25(30)26(24)36-18-19-11-13-23(31)14-12-19)17-32-33-27(34)28(35,21-7-3-1-4-8-21)22-9-5-2-6-10-22/h1-17,35H,18H2,(H,33,34)/b32-17+. The predicted molar refractivity (Wildman–Crippen MR) is 157 cm³/mol. The van der Waals surface area contributed by atoms with Gasteiger partial charge < -0.3 is 9.84 Å². The maximum absolute atomic E-state index is 13.2. The second-order valence-corrected chi connectivity index (χ2v) is 10.8. The average Bonchev–Trinajstić information content (AvgIpc) is 2.89. The van der Waals surface area contributed by atoms with Crippen LogP contribution in [0.2, 0.25) is 0 Å². The maximum Gasteiger partial charge on any atom is 0.281 e. The molecule has 8 heteroatoms. The summed E-state index contributed by atoms with van der Waals surface area (Å²) in [7, 11) is 0. The number of hydrazone groups is 1. The van der Waals surface area contributed by atoms with Crippen LogP contribution >= 0.6 is 54.5 Å². The zero-order chi connectivity index (χ0) is 25.5. The number of carbonyl (C=O) groups excluding carboxylic acids is 1. The number of amides is 1. The molecule has 0 saturated heterocycles. The summed E-state index contributed by atoms with van der Waals surface area (Å²) < 4.78 is 8.63. The Morgan fingerprint density at radius 3 is 1.97 bits per heavy atom. The Kier molecular flexibility index (Phi) is 8.95. The maximum atomic E-state index is 13.2. The molecule has 0 bridgehead atoms. The Morgan fingerprint density at radius 2 is 1.44 bits per heavy atom. The predicted octanol–water partition coefficient (Wildman–Crippen LogP) is 6.78. The van der Waals surface area contributed by atoms with Crippen molar-refractivity contribution in [1.82, 2.24) is 5.43 Å². The van der Waals surface area contributed by atoms with Crippen LogP contribution in [0.25, 0.3) is 0 Å². The van der Waals surface area contributed by atoms with E-state index in [-0.39, 0.29) is 0 Å². The first-order chi connectivity index (χ1) is 17.4. The quantitative estimate of drug-likeness (QED) is 0.120. The minimum absolute atomic E-state index is 0.426. The number of carbonyl (C=O) groups is 1. The molecule has 1 amide bonds. The van der Waals surface area contributed by atoms with Gasteiger partial charge in [-0.1, -0.05) is 72.8 Å². The lowest BCUT2D eigenvalue weighted by molar-refractivity contribution is -0.136. The molecule has 4 aromatic carbocycles. The molecule has 0 spiro atoms. The lowest BCUT2D eigenvalue weighted by atomic mass is 9.85. The van der Waals surface area contributed by atoms with Gasteiger partial charge in [-0.3, -0.25) is 4.79 Å². The summed E-state index contributed by atoms with van der Waals surface area (Å²) in [4.78, 5) is 13.2. The normalized spacial score (nSPS) is 11.4. The molecule has 182 valence electrons. The van der Waals surface area contributed by atoms with Gasteiger partial charge in [0, 0.05) is 3.57 Å². The first-order valence-corrected chi connectivity index (χ1v) is 13.6. The number of hydrogen-bond acceptors (Lipinski definition) is 4. The molecule has 4 rings (SSSR count). The van der Waals surface area contributed by atoms with Crippen molar-refractivity contribution in [2.24, 2.45) is 5.10 Å². The van der Waals surface area contributed by atoms with Crippen molar-refractivity contribution in [3.05, 3.63) is 132 Å². The van der Waals surface area contributed by atoms with E-state index in [0.29, 0.717) is 23.5 Å². The molecule has 36 heavy (non-hydrogen) atoms. The van der Waals surface area contributed by atoms with E-state index in [2.05, 4.69) is 65.0 Å². The van der Waals surface area contributed by atoms with Crippen molar-refractivity contribution in [3.8, 4) is 5.75 Å². The van der Waals surface area contributed by atoms with E-state index in [1.54, 1.807) is 48.5 Å². The molecule has 0 aliphatic heterocycles. The zero-order valence-electron chi connectivity index (χ0n) is 18.9. The number of halogens is 3. The Morgan fingerprint density at radius 1 is 0.917 bits per heavy atom. The van der Waals surface area contributed by atoms with Crippen LogP contribution in [0.3, 0.4) is 0 Å². The highest BCUT2D eigenvalue weighted by molar-refractivity contribution is 14.1. The third-order valence-corrected chi connectivity index (χ3v) is 7.31. The van der Waals surface area contributed by atoms with Crippen molar-refractivity contribution >= 4 is 66.6 Å². The summed E-state index contributed by atoms with van der Waals surface area (Å²) in [6.45, 7) is 0.426. The lowest BCUT2D eigenvalue weighted by Crippen LogP contribution is -2.43. The van der Waals surface area contributed by atoms with E-state index in [1.165, 1.54) is 9.78 Å². The smallest absolute Gasteiger partial charge is 0.281 e. The molecule has 0 atom stereocenters. The van der Waals surface area contributed by atoms with E-state index in [0.717, 1.165) is 20.1 Å². The Labute approximate surface area is 240 Å². The van der Waals surface area contributed by atoms with Gasteiger partial charge in [0.2, 0.25) is 0 Å². The Balaban J connectivity index is 1.49. The number of aliphatic hydroxyl groups is 1. The first-order valence-electron chi connectivity index (χ1n) is 10.9. The second kappa shape index (κ2) is 12.1. The summed E-state index contributed by atoms with van der Waals surface area (Å²) >= 11 is 9.37. The molecule has 0 radical (unpaired) electrons. The van der Waals surface area contributed by atoms with Gasteiger partial charge in [0.25, 0.3) is 5.91 Å². The fraction of sp³-hybridized carbons (Fsp3) is 0.0714. The van der Waals surface area contributed by atoms with Crippen LogP contribution in [0, 0.1) is 3.57 Å². The fourth-order valence-electron chi connectivity index (χ4n) is 3.56. The van der Waals surface area contributed by atoms with Crippen LogP contribution in [-0.4, -0.2) is 17.2 Å². The summed E-state index contributed by atoms with van der Waals surface area (Å²) in [5.41, 5.74) is 3.28. The van der Waals surface area contributed by atoms with Crippen LogP contribution in [0.15, 0.2) is 111 Å². The van der Waals surface area contributed by atoms with Crippen molar-refractivity contribution in [3.63, 3.8) is 0 Å². The lowest BCUT2D eigenvalue weighted by Gasteiger charge is -2.27. The minimum Gasteiger partial charge on any atom is -0.487 e. The van der Waals surface area contributed by atoms with Gasteiger partial charge in [-0.15, -0.1) is 0 Å². The molecule has 0 fully saturated rings. The highest BCUT2D eigenvalue weighted by atomic mass is 127. The topological polar surface area (TPSA) is 70.9 Å². The zero-order valence-corrected chi connectivity index (χ0v) is 24.2. The van der Waals surface area contributed by atoms with E-state index in [4.69, 9.17) is 4.74 Å². The summed E-state index contributed by atoms with van der Waals surface area (Å²) in [5, 5.41) is 15.6. The fourth-order valence-corrected chi connectivity index (χ4v) is 5.37. The Bertz CT molecular complexity index is 1300. The molecule has 5 nitrogen and oxygen atoms in total. The van der Waals surface area contributed by atoms with Crippen molar-refractivity contribution in [2.45, 2.75) is 12.2 Å². The second-order valence-electron chi connectivity index (χ2n) is 7.87.